The Hall–Kier alpha value is -0.750. The smallest absolute Gasteiger partial charge is 0.303 e. The van der Waals surface area contributed by atoms with E-state index in [1.807, 2.05) is 17.1 Å². The zero-order chi connectivity index (χ0) is 13.1. The van der Waals surface area contributed by atoms with Crippen molar-refractivity contribution in [1.82, 2.24) is 4.98 Å². The molecule has 2 rings (SSSR count). The molecule has 1 aromatic rings. The van der Waals surface area contributed by atoms with Gasteiger partial charge in [-0.2, -0.15) is 11.8 Å². The fourth-order valence-electron chi connectivity index (χ4n) is 1.98. The molecule has 6 heteroatoms. The summed E-state index contributed by atoms with van der Waals surface area (Å²) >= 11 is 3.63. The van der Waals surface area contributed by atoms with Gasteiger partial charge >= 0.3 is 5.97 Å². The molecule has 1 aliphatic heterocycles. The third kappa shape index (κ3) is 3.17. The molecule has 2 atom stereocenters. The number of carbonyl (C=O) groups is 1. The molecule has 18 heavy (non-hydrogen) atoms. The molecule has 1 N–H and O–H groups in total. The van der Waals surface area contributed by atoms with Crippen LogP contribution in [-0.4, -0.2) is 39.6 Å². The second-order valence-electron chi connectivity index (χ2n) is 4.53. The number of aryl methyl sites for hydroxylation is 1. The van der Waals surface area contributed by atoms with Crippen LogP contribution in [0.2, 0.25) is 0 Å². The number of aromatic nitrogens is 1. The van der Waals surface area contributed by atoms with E-state index in [1.165, 1.54) is 0 Å². The molecule has 0 bridgehead atoms. The first-order valence-corrected chi connectivity index (χ1v) is 8.05. The Labute approximate surface area is 115 Å². The number of nitrogens with zero attached hydrogens (tertiary/aromatic N) is 2. The number of carboxylic acid groups (broad SMARTS) is 1. The highest BCUT2D eigenvalue weighted by Gasteiger charge is 2.27. The van der Waals surface area contributed by atoms with Crippen molar-refractivity contribution in [2.45, 2.75) is 38.0 Å². The predicted molar refractivity (Wildman–Crippen MR) is 76.8 cm³/mol. The summed E-state index contributed by atoms with van der Waals surface area (Å²) in [7, 11) is 0. The first kappa shape index (κ1) is 13.7. The number of hydrogen-bond acceptors (Lipinski definition) is 5. The molecular weight excluding hydrogens is 268 g/mol. The molecule has 1 aromatic heterocycles. The van der Waals surface area contributed by atoms with Gasteiger partial charge in [-0.3, -0.25) is 4.79 Å². The highest BCUT2D eigenvalue weighted by atomic mass is 32.2. The molecule has 0 saturated carbocycles. The summed E-state index contributed by atoms with van der Waals surface area (Å²) < 4.78 is 0. The summed E-state index contributed by atoms with van der Waals surface area (Å²) in [5.41, 5.74) is 0.899. The lowest BCUT2D eigenvalue weighted by atomic mass is 10.2. The van der Waals surface area contributed by atoms with Crippen molar-refractivity contribution in [1.29, 1.82) is 0 Å². The van der Waals surface area contributed by atoms with E-state index >= 15 is 0 Å². The van der Waals surface area contributed by atoms with Gasteiger partial charge in [0, 0.05) is 35.4 Å². The lowest BCUT2D eigenvalue weighted by Crippen LogP contribution is -2.44. The van der Waals surface area contributed by atoms with E-state index in [-0.39, 0.29) is 6.42 Å². The van der Waals surface area contributed by atoms with Crippen molar-refractivity contribution in [3.63, 3.8) is 0 Å². The molecule has 0 aliphatic carbocycles. The van der Waals surface area contributed by atoms with Crippen molar-refractivity contribution in [3.8, 4) is 0 Å². The Kier molecular flexibility index (Phi) is 4.50. The van der Waals surface area contributed by atoms with E-state index in [9.17, 15) is 4.79 Å². The minimum atomic E-state index is -0.763. The van der Waals surface area contributed by atoms with Crippen molar-refractivity contribution in [3.05, 3.63) is 11.1 Å². The maximum Gasteiger partial charge on any atom is 0.303 e. The van der Waals surface area contributed by atoms with Gasteiger partial charge in [-0.05, 0) is 6.92 Å². The SMILES string of the molecule is CC1SCCN(c2nc(CCC(=O)O)cs2)C1C. The molecule has 0 amide bonds. The average Bonchev–Trinajstić information content (AvgIpc) is 2.78. The van der Waals surface area contributed by atoms with E-state index in [0.717, 1.165) is 23.1 Å². The topological polar surface area (TPSA) is 53.4 Å². The maximum atomic E-state index is 10.5. The van der Waals surface area contributed by atoms with Gasteiger partial charge in [0.05, 0.1) is 12.1 Å². The van der Waals surface area contributed by atoms with E-state index in [1.54, 1.807) is 11.3 Å². The van der Waals surface area contributed by atoms with E-state index < -0.39 is 5.97 Å². The van der Waals surface area contributed by atoms with Crippen molar-refractivity contribution >= 4 is 34.2 Å². The number of anilines is 1. The van der Waals surface area contributed by atoms with Crippen LogP contribution < -0.4 is 4.90 Å². The average molecular weight is 286 g/mol. The standard InChI is InChI=1S/C12H18N2O2S2/c1-8-9(2)17-6-5-14(8)12-13-10(7-18-12)3-4-11(15)16/h7-9H,3-6H2,1-2H3,(H,15,16). The molecule has 0 radical (unpaired) electrons. The first-order valence-electron chi connectivity index (χ1n) is 6.12. The number of rotatable bonds is 4. The quantitative estimate of drug-likeness (QED) is 0.921. The number of thioether (sulfide) groups is 1. The third-order valence-electron chi connectivity index (χ3n) is 3.26. The van der Waals surface area contributed by atoms with Gasteiger partial charge in [0.2, 0.25) is 0 Å². The zero-order valence-corrected chi connectivity index (χ0v) is 12.3. The first-order chi connectivity index (χ1) is 8.58. The van der Waals surface area contributed by atoms with Crippen LogP contribution in [0.5, 0.6) is 0 Å². The number of thiazole rings is 1. The monoisotopic (exact) mass is 286 g/mol. The second-order valence-corrected chi connectivity index (χ2v) is 6.85. The highest BCUT2D eigenvalue weighted by molar-refractivity contribution is 8.00. The summed E-state index contributed by atoms with van der Waals surface area (Å²) in [6.45, 7) is 5.51. The fourth-order valence-corrected chi connectivity index (χ4v) is 4.06. The van der Waals surface area contributed by atoms with Gasteiger partial charge in [-0.1, -0.05) is 6.92 Å². The van der Waals surface area contributed by atoms with Gasteiger partial charge < -0.3 is 10.0 Å². The van der Waals surface area contributed by atoms with E-state index in [0.29, 0.717) is 17.7 Å². The van der Waals surface area contributed by atoms with Gasteiger partial charge in [0.1, 0.15) is 0 Å². The lowest BCUT2D eigenvalue weighted by Gasteiger charge is -2.37. The molecule has 0 spiro atoms. The maximum absolute atomic E-state index is 10.5. The van der Waals surface area contributed by atoms with Gasteiger partial charge in [0.15, 0.2) is 5.13 Å². The Morgan fingerprint density at radius 2 is 2.39 bits per heavy atom. The van der Waals surface area contributed by atoms with Crippen LogP contribution in [0.1, 0.15) is 26.0 Å². The van der Waals surface area contributed by atoms with Crippen LogP contribution in [0.4, 0.5) is 5.13 Å². The summed E-state index contributed by atoms with van der Waals surface area (Å²) in [4.78, 5) is 17.4. The summed E-state index contributed by atoms with van der Waals surface area (Å²) in [6, 6.07) is 0.488. The Morgan fingerprint density at radius 3 is 3.11 bits per heavy atom. The molecule has 1 fully saturated rings. The highest BCUT2D eigenvalue weighted by Crippen LogP contribution is 2.31. The van der Waals surface area contributed by atoms with Crippen molar-refractivity contribution in [2.75, 3.05) is 17.2 Å². The van der Waals surface area contributed by atoms with Crippen LogP contribution >= 0.6 is 23.1 Å². The van der Waals surface area contributed by atoms with Crippen LogP contribution in [0.15, 0.2) is 5.38 Å². The van der Waals surface area contributed by atoms with Gasteiger partial charge in [0.25, 0.3) is 0 Å². The largest absolute Gasteiger partial charge is 0.481 e. The van der Waals surface area contributed by atoms with Gasteiger partial charge in [-0.25, -0.2) is 4.98 Å². The molecular formula is C12H18N2O2S2. The molecule has 1 saturated heterocycles. The zero-order valence-electron chi connectivity index (χ0n) is 10.6. The normalized spacial score (nSPS) is 24.2. The van der Waals surface area contributed by atoms with Gasteiger partial charge in [-0.15, -0.1) is 11.3 Å². The minimum absolute atomic E-state index is 0.158. The Morgan fingerprint density at radius 1 is 1.61 bits per heavy atom. The van der Waals surface area contributed by atoms with Crippen molar-refractivity contribution < 1.29 is 9.90 Å². The summed E-state index contributed by atoms with van der Waals surface area (Å²) in [5.74, 6) is 0.371. The van der Waals surface area contributed by atoms with E-state index in [2.05, 4.69) is 23.7 Å². The summed E-state index contributed by atoms with van der Waals surface area (Å²) in [6.07, 6.45) is 0.684. The number of hydrogen-bond donors (Lipinski definition) is 1. The summed E-state index contributed by atoms with van der Waals surface area (Å²) in [5, 5.41) is 12.3. The second kappa shape index (κ2) is 5.93. The molecule has 2 heterocycles. The number of aliphatic carboxylic acids is 1. The van der Waals surface area contributed by atoms with Crippen LogP contribution in [0.25, 0.3) is 0 Å². The van der Waals surface area contributed by atoms with Crippen LogP contribution in [-0.2, 0) is 11.2 Å². The van der Waals surface area contributed by atoms with Crippen LogP contribution in [0.3, 0.4) is 0 Å². The van der Waals surface area contributed by atoms with Crippen LogP contribution in [0, 0.1) is 0 Å². The number of carboxylic acids is 1. The third-order valence-corrected chi connectivity index (χ3v) is 5.53. The Balaban J connectivity index is 2.02. The fraction of sp³-hybridized carbons (Fsp3) is 0.667. The Bertz CT molecular complexity index is 422. The minimum Gasteiger partial charge on any atom is -0.481 e. The molecule has 2 unspecified atom stereocenters. The molecule has 1 aliphatic rings. The molecule has 100 valence electrons. The predicted octanol–water partition coefficient (Wildman–Crippen LogP) is 2.49. The molecule has 0 aromatic carbocycles. The lowest BCUT2D eigenvalue weighted by molar-refractivity contribution is -0.136. The molecule has 4 nitrogen and oxygen atoms in total. The van der Waals surface area contributed by atoms with Crippen molar-refractivity contribution in [2.24, 2.45) is 0 Å². The van der Waals surface area contributed by atoms with E-state index in [4.69, 9.17) is 5.11 Å².